The van der Waals surface area contributed by atoms with E-state index in [1.165, 1.54) is 10.6 Å². The Balaban J connectivity index is 1.65. The molecule has 7 nitrogen and oxygen atoms in total. The van der Waals surface area contributed by atoms with Crippen LogP contribution in [0.25, 0.3) is 5.69 Å². The van der Waals surface area contributed by atoms with E-state index in [1.807, 2.05) is 28.9 Å². The SMILES string of the molecule is CS(=O)(=O)N1CCCN(C(=O)c2nn(-c3cccc(Br)c3)c3c2CCCC3)CC1. The van der Waals surface area contributed by atoms with E-state index in [4.69, 9.17) is 5.10 Å². The molecule has 0 radical (unpaired) electrons. The summed E-state index contributed by atoms with van der Waals surface area (Å²) in [5.74, 6) is -0.0905. The average molecular weight is 481 g/mol. The van der Waals surface area contributed by atoms with E-state index in [0.29, 0.717) is 38.3 Å². The third-order valence-corrected chi connectivity index (χ3v) is 7.44. The van der Waals surface area contributed by atoms with Gasteiger partial charge in [-0.1, -0.05) is 22.0 Å². The van der Waals surface area contributed by atoms with Gasteiger partial charge in [-0.05, 0) is 50.3 Å². The second-order valence-corrected chi connectivity index (χ2v) is 10.6. The molecule has 1 aromatic heterocycles. The van der Waals surface area contributed by atoms with Gasteiger partial charge in [0.1, 0.15) is 0 Å². The Bertz CT molecular complexity index is 1030. The molecule has 0 atom stereocenters. The number of aromatic nitrogens is 2. The van der Waals surface area contributed by atoms with Crippen molar-refractivity contribution in [3.8, 4) is 5.69 Å². The van der Waals surface area contributed by atoms with Crippen LogP contribution < -0.4 is 0 Å². The van der Waals surface area contributed by atoms with Gasteiger partial charge in [-0.3, -0.25) is 4.79 Å². The molecule has 0 unspecified atom stereocenters. The number of fused-ring (bicyclic) bond motifs is 1. The second-order valence-electron chi connectivity index (χ2n) is 7.68. The van der Waals surface area contributed by atoms with Gasteiger partial charge in [0.2, 0.25) is 10.0 Å². The summed E-state index contributed by atoms with van der Waals surface area (Å²) >= 11 is 3.51. The predicted molar refractivity (Wildman–Crippen MR) is 115 cm³/mol. The van der Waals surface area contributed by atoms with Crippen LogP contribution in [0.2, 0.25) is 0 Å². The van der Waals surface area contributed by atoms with Crippen LogP contribution in [-0.4, -0.2) is 65.7 Å². The smallest absolute Gasteiger partial charge is 0.274 e. The molecule has 2 aliphatic rings. The first-order valence-corrected chi connectivity index (χ1v) is 12.6. The maximum absolute atomic E-state index is 13.4. The summed E-state index contributed by atoms with van der Waals surface area (Å²) in [6.07, 6.45) is 5.76. The van der Waals surface area contributed by atoms with Gasteiger partial charge in [0.05, 0.1) is 11.9 Å². The van der Waals surface area contributed by atoms with E-state index >= 15 is 0 Å². The lowest BCUT2D eigenvalue weighted by molar-refractivity contribution is 0.0756. The molecule has 1 fully saturated rings. The summed E-state index contributed by atoms with van der Waals surface area (Å²) < 4.78 is 28.1. The first-order valence-electron chi connectivity index (χ1n) is 9.96. The highest BCUT2D eigenvalue weighted by Crippen LogP contribution is 2.29. The lowest BCUT2D eigenvalue weighted by Gasteiger charge is -2.21. The third-order valence-electron chi connectivity index (χ3n) is 5.65. The van der Waals surface area contributed by atoms with Gasteiger partial charge >= 0.3 is 0 Å². The Morgan fingerprint density at radius 2 is 1.86 bits per heavy atom. The molecule has 1 saturated heterocycles. The molecule has 0 N–H and O–H groups in total. The van der Waals surface area contributed by atoms with Crippen molar-refractivity contribution in [1.29, 1.82) is 0 Å². The fourth-order valence-electron chi connectivity index (χ4n) is 4.17. The molecule has 0 bridgehead atoms. The second kappa shape index (κ2) is 8.20. The van der Waals surface area contributed by atoms with Crippen molar-refractivity contribution < 1.29 is 13.2 Å². The summed E-state index contributed by atoms with van der Waals surface area (Å²) in [5.41, 5.74) is 3.62. The van der Waals surface area contributed by atoms with Crippen LogP contribution in [0.3, 0.4) is 0 Å². The van der Waals surface area contributed by atoms with Crippen LogP contribution in [0, 0.1) is 0 Å². The largest absolute Gasteiger partial charge is 0.336 e. The fraction of sp³-hybridized carbons (Fsp3) is 0.500. The van der Waals surface area contributed by atoms with Gasteiger partial charge < -0.3 is 4.90 Å². The summed E-state index contributed by atoms with van der Waals surface area (Å²) in [7, 11) is -3.24. The van der Waals surface area contributed by atoms with Crippen molar-refractivity contribution in [2.45, 2.75) is 32.1 Å². The zero-order valence-electron chi connectivity index (χ0n) is 16.5. The first-order chi connectivity index (χ1) is 13.8. The molecule has 4 rings (SSSR count). The number of hydrogen-bond acceptors (Lipinski definition) is 4. The summed E-state index contributed by atoms with van der Waals surface area (Å²) in [5, 5.41) is 4.75. The molecule has 0 spiro atoms. The van der Waals surface area contributed by atoms with Gasteiger partial charge in [0.25, 0.3) is 5.91 Å². The number of hydrogen-bond donors (Lipinski definition) is 0. The van der Waals surface area contributed by atoms with E-state index in [1.54, 1.807) is 4.90 Å². The minimum absolute atomic E-state index is 0.0905. The number of nitrogens with zero attached hydrogens (tertiary/aromatic N) is 4. The fourth-order valence-corrected chi connectivity index (χ4v) is 5.43. The standard InChI is InChI=1S/C20H25BrN4O3S/c1-29(27,28)24-11-5-10-23(12-13-24)20(26)19-17-8-2-3-9-18(17)25(22-19)16-7-4-6-15(21)14-16/h4,6-7,14H,2-3,5,8-13H2,1H3. The van der Waals surface area contributed by atoms with Gasteiger partial charge in [-0.2, -0.15) is 5.10 Å². The molecular formula is C20H25BrN4O3S. The van der Waals surface area contributed by atoms with Gasteiger partial charge in [0.15, 0.2) is 5.69 Å². The van der Waals surface area contributed by atoms with Crippen molar-refractivity contribution in [2.24, 2.45) is 0 Å². The molecule has 1 amide bonds. The molecule has 156 valence electrons. The Morgan fingerprint density at radius 1 is 1.07 bits per heavy atom. The number of carbonyl (C=O) groups excluding carboxylic acids is 1. The van der Waals surface area contributed by atoms with Crippen molar-refractivity contribution in [3.63, 3.8) is 0 Å². The van der Waals surface area contributed by atoms with E-state index in [9.17, 15) is 13.2 Å². The predicted octanol–water partition coefficient (Wildman–Crippen LogP) is 2.62. The number of benzene rings is 1. The average Bonchev–Trinajstić information content (AvgIpc) is 2.88. The zero-order chi connectivity index (χ0) is 20.6. The molecular weight excluding hydrogens is 456 g/mol. The quantitative estimate of drug-likeness (QED) is 0.676. The number of carbonyl (C=O) groups is 1. The van der Waals surface area contributed by atoms with Crippen molar-refractivity contribution >= 4 is 31.9 Å². The minimum atomic E-state index is -3.24. The van der Waals surface area contributed by atoms with Crippen LogP contribution in [-0.2, 0) is 22.9 Å². The highest BCUT2D eigenvalue weighted by Gasteiger charge is 2.30. The maximum Gasteiger partial charge on any atom is 0.274 e. The molecule has 1 aliphatic heterocycles. The molecule has 2 aromatic rings. The minimum Gasteiger partial charge on any atom is -0.336 e. The Hall–Kier alpha value is -1.71. The summed E-state index contributed by atoms with van der Waals surface area (Å²) in [6, 6.07) is 7.94. The molecule has 2 heterocycles. The van der Waals surface area contributed by atoms with E-state index in [-0.39, 0.29) is 5.91 Å². The Kier molecular flexibility index (Phi) is 5.81. The highest BCUT2D eigenvalue weighted by molar-refractivity contribution is 9.10. The maximum atomic E-state index is 13.4. The zero-order valence-corrected chi connectivity index (χ0v) is 18.9. The molecule has 1 aromatic carbocycles. The first kappa shape index (κ1) is 20.6. The normalized spacial score (nSPS) is 18.3. The number of amides is 1. The lowest BCUT2D eigenvalue weighted by atomic mass is 9.95. The lowest BCUT2D eigenvalue weighted by Crippen LogP contribution is -2.37. The number of sulfonamides is 1. The van der Waals surface area contributed by atoms with Gasteiger partial charge in [-0.25, -0.2) is 17.4 Å². The summed E-state index contributed by atoms with van der Waals surface area (Å²) in [4.78, 5) is 15.1. The van der Waals surface area contributed by atoms with Crippen molar-refractivity contribution in [2.75, 3.05) is 32.4 Å². The molecule has 29 heavy (non-hydrogen) atoms. The third kappa shape index (κ3) is 4.27. The monoisotopic (exact) mass is 480 g/mol. The van der Waals surface area contributed by atoms with Crippen molar-refractivity contribution in [3.05, 3.63) is 45.7 Å². The Labute approximate surface area is 179 Å². The van der Waals surface area contributed by atoms with E-state index in [2.05, 4.69) is 15.9 Å². The molecule has 1 aliphatic carbocycles. The Morgan fingerprint density at radius 3 is 2.62 bits per heavy atom. The van der Waals surface area contributed by atoms with Crippen LogP contribution in [0.4, 0.5) is 0 Å². The topological polar surface area (TPSA) is 75.5 Å². The number of halogens is 1. The van der Waals surface area contributed by atoms with Gasteiger partial charge in [0, 0.05) is 41.9 Å². The van der Waals surface area contributed by atoms with Crippen molar-refractivity contribution in [1.82, 2.24) is 19.0 Å². The van der Waals surface area contributed by atoms with Crippen LogP contribution in [0.5, 0.6) is 0 Å². The highest BCUT2D eigenvalue weighted by atomic mass is 79.9. The number of rotatable bonds is 3. The van der Waals surface area contributed by atoms with Gasteiger partial charge in [-0.15, -0.1) is 0 Å². The van der Waals surface area contributed by atoms with Crippen LogP contribution in [0.1, 0.15) is 41.0 Å². The molecule has 0 saturated carbocycles. The van der Waals surface area contributed by atoms with Crippen LogP contribution in [0.15, 0.2) is 28.7 Å². The van der Waals surface area contributed by atoms with E-state index in [0.717, 1.165) is 47.1 Å². The van der Waals surface area contributed by atoms with E-state index < -0.39 is 10.0 Å². The van der Waals surface area contributed by atoms with Crippen LogP contribution >= 0.6 is 15.9 Å². The molecule has 9 heteroatoms. The summed E-state index contributed by atoms with van der Waals surface area (Å²) in [6.45, 7) is 1.72.